The molecule has 0 bridgehead atoms. The van der Waals surface area contributed by atoms with Crippen molar-refractivity contribution >= 4 is 17.0 Å². The number of hydrogen-bond acceptors (Lipinski definition) is 5. The predicted octanol–water partition coefficient (Wildman–Crippen LogP) is 0.0471. The van der Waals surface area contributed by atoms with Gasteiger partial charge in [-0.25, -0.2) is 9.78 Å². The second kappa shape index (κ2) is 3.54. The van der Waals surface area contributed by atoms with Gasteiger partial charge >= 0.3 is 5.97 Å². The largest absolute Gasteiger partial charge is 0.488 e. The minimum absolute atomic E-state index is 0.0820. The SMILES string of the molecule is O=C(O)c1c[nH]c2nc3c(cc2c1=O)OCC3O. The van der Waals surface area contributed by atoms with Crippen LogP contribution in [0.2, 0.25) is 0 Å². The summed E-state index contributed by atoms with van der Waals surface area (Å²) in [7, 11) is 0. The highest BCUT2D eigenvalue weighted by Crippen LogP contribution is 2.31. The number of aromatic amines is 1. The van der Waals surface area contributed by atoms with E-state index >= 15 is 0 Å². The van der Waals surface area contributed by atoms with Crippen molar-refractivity contribution in [1.29, 1.82) is 0 Å². The number of H-pyrrole nitrogens is 1. The van der Waals surface area contributed by atoms with Crippen molar-refractivity contribution in [2.75, 3.05) is 6.61 Å². The van der Waals surface area contributed by atoms with Gasteiger partial charge in [0.15, 0.2) is 0 Å². The molecule has 92 valence electrons. The number of nitrogens with zero attached hydrogens (tertiary/aromatic N) is 1. The van der Waals surface area contributed by atoms with E-state index in [0.29, 0.717) is 11.4 Å². The number of aromatic nitrogens is 2. The molecule has 0 fully saturated rings. The smallest absolute Gasteiger partial charge is 0.341 e. The van der Waals surface area contributed by atoms with Crippen LogP contribution in [0.4, 0.5) is 0 Å². The van der Waals surface area contributed by atoms with Crippen molar-refractivity contribution in [3.05, 3.63) is 33.7 Å². The third-order valence-corrected chi connectivity index (χ3v) is 2.80. The van der Waals surface area contributed by atoms with Gasteiger partial charge in [0.2, 0.25) is 5.43 Å². The van der Waals surface area contributed by atoms with Crippen LogP contribution in [0.15, 0.2) is 17.1 Å². The Morgan fingerprint density at radius 1 is 1.56 bits per heavy atom. The molecule has 0 radical (unpaired) electrons. The number of carboxylic acids is 1. The average Bonchev–Trinajstić information content (AvgIpc) is 2.69. The summed E-state index contributed by atoms with van der Waals surface area (Å²) >= 11 is 0. The fourth-order valence-corrected chi connectivity index (χ4v) is 1.90. The van der Waals surface area contributed by atoms with Gasteiger partial charge < -0.3 is 19.9 Å². The lowest BCUT2D eigenvalue weighted by atomic mass is 10.1. The molecule has 1 unspecified atom stereocenters. The van der Waals surface area contributed by atoms with Crippen LogP contribution in [-0.2, 0) is 0 Å². The van der Waals surface area contributed by atoms with Crippen molar-refractivity contribution in [1.82, 2.24) is 9.97 Å². The summed E-state index contributed by atoms with van der Waals surface area (Å²) in [6.07, 6.45) is 0.265. The minimum atomic E-state index is -1.31. The lowest BCUT2D eigenvalue weighted by Gasteiger charge is -2.03. The van der Waals surface area contributed by atoms with E-state index in [1.165, 1.54) is 6.07 Å². The van der Waals surface area contributed by atoms with Crippen molar-refractivity contribution in [2.45, 2.75) is 6.10 Å². The van der Waals surface area contributed by atoms with E-state index in [1.807, 2.05) is 0 Å². The Morgan fingerprint density at radius 2 is 2.33 bits per heavy atom. The summed E-state index contributed by atoms with van der Waals surface area (Å²) in [5.41, 5.74) is -0.408. The standard InChI is InChI=1S/C11H8N2O5/c14-6-3-18-7-1-4-9(15)5(11(16)17)2-12-10(4)13-8(6)7/h1-2,6,14H,3H2,(H,16,17)(H,12,13,15). The molecule has 0 spiro atoms. The first kappa shape index (κ1) is 10.7. The number of hydrogen-bond donors (Lipinski definition) is 3. The summed E-state index contributed by atoms with van der Waals surface area (Å²) in [4.78, 5) is 29.4. The molecule has 2 aromatic rings. The molecule has 3 N–H and O–H groups in total. The summed E-state index contributed by atoms with van der Waals surface area (Å²) in [5.74, 6) is -0.998. The van der Waals surface area contributed by atoms with Gasteiger partial charge in [0.25, 0.3) is 0 Å². The summed E-state index contributed by atoms with van der Waals surface area (Å²) < 4.78 is 5.16. The monoisotopic (exact) mass is 248 g/mol. The number of aromatic carboxylic acids is 1. The maximum Gasteiger partial charge on any atom is 0.341 e. The van der Waals surface area contributed by atoms with Gasteiger partial charge in [-0.2, -0.15) is 0 Å². The number of aliphatic hydroxyl groups excluding tert-OH is 1. The van der Waals surface area contributed by atoms with Crippen LogP contribution in [0.1, 0.15) is 22.2 Å². The van der Waals surface area contributed by atoms with Crippen molar-refractivity contribution in [3.8, 4) is 5.75 Å². The first-order valence-electron chi connectivity index (χ1n) is 5.18. The summed E-state index contributed by atoms with van der Waals surface area (Å²) in [5, 5.41) is 18.6. The van der Waals surface area contributed by atoms with E-state index in [2.05, 4.69) is 9.97 Å². The Kier molecular flexibility index (Phi) is 2.11. The number of aliphatic hydroxyl groups is 1. The number of fused-ring (bicyclic) bond motifs is 2. The molecule has 0 saturated heterocycles. The topological polar surface area (TPSA) is 113 Å². The van der Waals surface area contributed by atoms with E-state index in [4.69, 9.17) is 9.84 Å². The van der Waals surface area contributed by atoms with E-state index in [1.54, 1.807) is 0 Å². The van der Waals surface area contributed by atoms with Crippen LogP contribution >= 0.6 is 0 Å². The summed E-state index contributed by atoms with van der Waals surface area (Å²) in [6.45, 7) is 0.0820. The molecule has 1 aliphatic rings. The van der Waals surface area contributed by atoms with Gasteiger partial charge in [0.1, 0.15) is 35.4 Å². The second-order valence-corrected chi connectivity index (χ2v) is 3.93. The molecular weight excluding hydrogens is 240 g/mol. The third kappa shape index (κ3) is 1.37. The van der Waals surface area contributed by atoms with Crippen LogP contribution < -0.4 is 10.2 Å². The first-order valence-corrected chi connectivity index (χ1v) is 5.18. The first-order chi connectivity index (χ1) is 8.58. The van der Waals surface area contributed by atoms with Crippen LogP contribution in [-0.4, -0.2) is 32.8 Å². The lowest BCUT2D eigenvalue weighted by molar-refractivity contribution is 0.0695. The van der Waals surface area contributed by atoms with E-state index in [0.717, 1.165) is 6.20 Å². The van der Waals surface area contributed by atoms with Crippen LogP contribution in [0.25, 0.3) is 11.0 Å². The summed E-state index contributed by atoms with van der Waals surface area (Å²) in [6, 6.07) is 1.40. The van der Waals surface area contributed by atoms with Gasteiger partial charge in [-0.05, 0) is 6.07 Å². The maximum absolute atomic E-state index is 11.9. The Bertz CT molecular complexity index is 721. The number of ether oxygens (including phenoxy) is 1. The molecule has 0 amide bonds. The van der Waals surface area contributed by atoms with Crippen LogP contribution in [0, 0.1) is 0 Å². The van der Waals surface area contributed by atoms with Gasteiger partial charge in [0, 0.05) is 6.20 Å². The number of rotatable bonds is 1. The van der Waals surface area contributed by atoms with Crippen molar-refractivity contribution < 1.29 is 19.7 Å². The van der Waals surface area contributed by atoms with Crippen LogP contribution in [0.3, 0.4) is 0 Å². The zero-order chi connectivity index (χ0) is 12.9. The molecule has 7 nitrogen and oxygen atoms in total. The number of carboxylic acid groups (broad SMARTS) is 1. The van der Waals surface area contributed by atoms with Gasteiger partial charge in [-0.3, -0.25) is 4.79 Å². The molecule has 1 atom stereocenters. The quantitative estimate of drug-likeness (QED) is 0.657. The van der Waals surface area contributed by atoms with Gasteiger partial charge in [-0.1, -0.05) is 0 Å². The molecule has 3 heterocycles. The molecule has 0 aliphatic carbocycles. The zero-order valence-electron chi connectivity index (χ0n) is 9.01. The van der Waals surface area contributed by atoms with Gasteiger partial charge in [-0.15, -0.1) is 0 Å². The maximum atomic E-state index is 11.9. The molecule has 1 aliphatic heterocycles. The highest BCUT2D eigenvalue weighted by atomic mass is 16.5. The Hall–Kier alpha value is -2.41. The molecule has 3 rings (SSSR count). The fourth-order valence-electron chi connectivity index (χ4n) is 1.90. The highest BCUT2D eigenvalue weighted by molar-refractivity contribution is 5.91. The average molecular weight is 248 g/mol. The Labute approximate surface area is 99.7 Å². The third-order valence-electron chi connectivity index (χ3n) is 2.80. The number of nitrogens with one attached hydrogen (secondary N) is 1. The molecular formula is C11H8N2O5. The van der Waals surface area contributed by atoms with Crippen molar-refractivity contribution in [3.63, 3.8) is 0 Å². The molecule has 2 aromatic heterocycles. The Balaban J connectivity index is 2.34. The second-order valence-electron chi connectivity index (χ2n) is 3.93. The Morgan fingerprint density at radius 3 is 3.06 bits per heavy atom. The molecule has 0 aromatic carbocycles. The van der Waals surface area contributed by atoms with E-state index in [-0.39, 0.29) is 23.2 Å². The lowest BCUT2D eigenvalue weighted by Crippen LogP contribution is -2.16. The van der Waals surface area contributed by atoms with Crippen molar-refractivity contribution in [2.24, 2.45) is 0 Å². The number of pyridine rings is 2. The minimum Gasteiger partial charge on any atom is -0.488 e. The normalized spacial score (nSPS) is 17.5. The predicted molar refractivity (Wildman–Crippen MR) is 59.8 cm³/mol. The van der Waals surface area contributed by atoms with E-state index < -0.39 is 17.5 Å². The van der Waals surface area contributed by atoms with Gasteiger partial charge in [0.05, 0.1) is 5.39 Å². The molecule has 0 saturated carbocycles. The number of carbonyl (C=O) groups is 1. The molecule has 18 heavy (non-hydrogen) atoms. The zero-order valence-corrected chi connectivity index (χ0v) is 9.01. The highest BCUT2D eigenvalue weighted by Gasteiger charge is 2.25. The van der Waals surface area contributed by atoms with E-state index in [9.17, 15) is 14.7 Å². The molecule has 7 heteroatoms. The fraction of sp³-hybridized carbons (Fsp3) is 0.182. The van der Waals surface area contributed by atoms with Crippen LogP contribution in [0.5, 0.6) is 5.75 Å².